The predicted octanol–water partition coefficient (Wildman–Crippen LogP) is 1.18. The minimum absolute atomic E-state index is 0.264. The van der Waals surface area contributed by atoms with E-state index in [1.165, 1.54) is 0 Å². The molecule has 4 amide bonds. The lowest BCUT2D eigenvalue weighted by molar-refractivity contribution is -0.132. The summed E-state index contributed by atoms with van der Waals surface area (Å²) in [7, 11) is 0. The van der Waals surface area contributed by atoms with E-state index >= 15 is 0 Å². The third kappa shape index (κ3) is 2.82. The Bertz CT molecular complexity index is 562. The zero-order valence-corrected chi connectivity index (χ0v) is 12.4. The Hall–Kier alpha value is -1.89. The molecule has 0 spiro atoms. The van der Waals surface area contributed by atoms with E-state index in [0.29, 0.717) is 12.1 Å². The molecule has 6 nitrogen and oxygen atoms in total. The third-order valence-electron chi connectivity index (χ3n) is 2.92. The molecule has 0 unspecified atom stereocenters. The third-order valence-corrected chi connectivity index (χ3v) is 3.64. The first-order valence-electron chi connectivity index (χ1n) is 6.17. The minimum atomic E-state index is -0.757. The van der Waals surface area contributed by atoms with Crippen molar-refractivity contribution in [2.24, 2.45) is 0 Å². The van der Waals surface area contributed by atoms with Crippen molar-refractivity contribution < 1.29 is 14.4 Å². The SMILES string of the molecule is CCNC(=O)CN1C(=O)N[C@@H](c2ccccc2Br)C1=O. The fourth-order valence-electron chi connectivity index (χ4n) is 1.99. The highest BCUT2D eigenvalue weighted by atomic mass is 79.9. The van der Waals surface area contributed by atoms with Gasteiger partial charge in [-0.3, -0.25) is 14.5 Å². The summed E-state index contributed by atoms with van der Waals surface area (Å²) in [6, 6.07) is 5.84. The summed E-state index contributed by atoms with van der Waals surface area (Å²) in [5, 5.41) is 5.14. The van der Waals surface area contributed by atoms with E-state index in [0.717, 1.165) is 9.37 Å². The molecule has 0 bridgehead atoms. The zero-order chi connectivity index (χ0) is 14.7. The number of nitrogens with one attached hydrogen (secondary N) is 2. The van der Waals surface area contributed by atoms with Crippen LogP contribution in [0.15, 0.2) is 28.7 Å². The van der Waals surface area contributed by atoms with Crippen molar-refractivity contribution in [1.82, 2.24) is 15.5 Å². The Morgan fingerprint density at radius 1 is 1.40 bits per heavy atom. The van der Waals surface area contributed by atoms with E-state index in [2.05, 4.69) is 26.6 Å². The summed E-state index contributed by atoms with van der Waals surface area (Å²) in [5.74, 6) is -0.781. The number of carbonyl (C=O) groups is 3. The summed E-state index contributed by atoms with van der Waals surface area (Å²) in [6.45, 7) is 1.96. The fourth-order valence-corrected chi connectivity index (χ4v) is 2.50. The maximum absolute atomic E-state index is 12.3. The first kappa shape index (κ1) is 14.5. The van der Waals surface area contributed by atoms with Gasteiger partial charge in [-0.2, -0.15) is 0 Å². The van der Waals surface area contributed by atoms with Crippen LogP contribution in [0.3, 0.4) is 0 Å². The van der Waals surface area contributed by atoms with E-state index in [4.69, 9.17) is 0 Å². The topological polar surface area (TPSA) is 78.5 Å². The molecule has 7 heteroatoms. The molecule has 1 fully saturated rings. The molecule has 2 rings (SSSR count). The maximum atomic E-state index is 12.3. The van der Waals surface area contributed by atoms with Gasteiger partial charge in [0.1, 0.15) is 12.6 Å². The number of likely N-dealkylation sites (N-methyl/N-ethyl adjacent to an activating group) is 1. The molecule has 0 aromatic heterocycles. The van der Waals surface area contributed by atoms with Crippen LogP contribution in [-0.2, 0) is 9.59 Å². The van der Waals surface area contributed by atoms with Crippen molar-refractivity contribution >= 4 is 33.8 Å². The summed E-state index contributed by atoms with van der Waals surface area (Å²) < 4.78 is 0.735. The zero-order valence-electron chi connectivity index (χ0n) is 10.9. The minimum Gasteiger partial charge on any atom is -0.355 e. The number of imide groups is 1. The number of halogens is 1. The normalized spacial score (nSPS) is 18.1. The van der Waals surface area contributed by atoms with E-state index in [9.17, 15) is 14.4 Å². The average Bonchev–Trinajstić information content (AvgIpc) is 2.68. The van der Waals surface area contributed by atoms with E-state index in [1.807, 2.05) is 6.07 Å². The highest BCUT2D eigenvalue weighted by molar-refractivity contribution is 9.10. The molecular weight excluding hydrogens is 326 g/mol. The second-order valence-corrected chi connectivity index (χ2v) is 5.14. The lowest BCUT2D eigenvalue weighted by atomic mass is 10.1. The predicted molar refractivity (Wildman–Crippen MR) is 75.8 cm³/mol. The number of rotatable bonds is 4. The van der Waals surface area contributed by atoms with Crippen molar-refractivity contribution in [3.05, 3.63) is 34.3 Å². The molecule has 1 heterocycles. The fraction of sp³-hybridized carbons (Fsp3) is 0.308. The second kappa shape index (κ2) is 6.04. The van der Waals surface area contributed by atoms with Gasteiger partial charge < -0.3 is 10.6 Å². The van der Waals surface area contributed by atoms with Crippen LogP contribution in [0.2, 0.25) is 0 Å². The smallest absolute Gasteiger partial charge is 0.325 e. The van der Waals surface area contributed by atoms with Gasteiger partial charge in [0.25, 0.3) is 5.91 Å². The Balaban J connectivity index is 2.17. The van der Waals surface area contributed by atoms with Gasteiger partial charge in [0.2, 0.25) is 5.91 Å². The lowest BCUT2D eigenvalue weighted by Crippen LogP contribution is -2.40. The standard InChI is InChI=1S/C13H14BrN3O3/c1-2-15-10(18)7-17-12(19)11(16-13(17)20)8-5-3-4-6-9(8)14/h3-6,11H,2,7H2,1H3,(H,15,18)(H,16,20)/t11-/m0/s1. The summed E-state index contributed by atoms with van der Waals surface area (Å²) in [4.78, 5) is 36.5. The van der Waals surface area contributed by atoms with Crippen LogP contribution in [0.5, 0.6) is 0 Å². The van der Waals surface area contributed by atoms with Crippen molar-refractivity contribution in [3.8, 4) is 0 Å². The van der Waals surface area contributed by atoms with Crippen molar-refractivity contribution in [2.45, 2.75) is 13.0 Å². The maximum Gasteiger partial charge on any atom is 0.325 e. The number of benzene rings is 1. The van der Waals surface area contributed by atoms with Crippen LogP contribution in [0.4, 0.5) is 4.79 Å². The molecule has 0 saturated carbocycles. The van der Waals surface area contributed by atoms with Gasteiger partial charge in [0.15, 0.2) is 0 Å². The largest absolute Gasteiger partial charge is 0.355 e. The number of hydrogen-bond donors (Lipinski definition) is 2. The van der Waals surface area contributed by atoms with Crippen LogP contribution in [0.25, 0.3) is 0 Å². The van der Waals surface area contributed by atoms with Crippen LogP contribution in [0, 0.1) is 0 Å². The van der Waals surface area contributed by atoms with Gasteiger partial charge in [-0.1, -0.05) is 34.1 Å². The molecule has 1 aliphatic rings. The first-order chi connectivity index (χ1) is 9.54. The quantitative estimate of drug-likeness (QED) is 0.808. The van der Waals surface area contributed by atoms with Gasteiger partial charge in [-0.15, -0.1) is 0 Å². The van der Waals surface area contributed by atoms with E-state index in [-0.39, 0.29) is 12.5 Å². The number of nitrogens with zero attached hydrogens (tertiary/aromatic N) is 1. The number of hydrogen-bond acceptors (Lipinski definition) is 3. The van der Waals surface area contributed by atoms with Crippen LogP contribution < -0.4 is 10.6 Å². The molecule has 1 saturated heterocycles. The Morgan fingerprint density at radius 2 is 2.10 bits per heavy atom. The Kier molecular flexibility index (Phi) is 4.39. The molecule has 1 aliphatic heterocycles. The number of amides is 4. The van der Waals surface area contributed by atoms with Crippen molar-refractivity contribution in [3.63, 3.8) is 0 Å². The van der Waals surface area contributed by atoms with E-state index in [1.54, 1.807) is 25.1 Å². The molecule has 2 N–H and O–H groups in total. The second-order valence-electron chi connectivity index (χ2n) is 4.28. The first-order valence-corrected chi connectivity index (χ1v) is 6.97. The van der Waals surface area contributed by atoms with Gasteiger partial charge in [-0.05, 0) is 18.6 Å². The van der Waals surface area contributed by atoms with Crippen LogP contribution in [-0.4, -0.2) is 35.8 Å². The average molecular weight is 340 g/mol. The highest BCUT2D eigenvalue weighted by Gasteiger charge is 2.40. The van der Waals surface area contributed by atoms with Crippen molar-refractivity contribution in [1.29, 1.82) is 0 Å². The summed E-state index contributed by atoms with van der Waals surface area (Å²) >= 11 is 3.35. The molecule has 1 atom stereocenters. The number of carbonyl (C=O) groups excluding carboxylic acids is 3. The molecular formula is C13H14BrN3O3. The van der Waals surface area contributed by atoms with Gasteiger partial charge in [-0.25, -0.2) is 4.79 Å². The molecule has 1 aromatic carbocycles. The molecule has 0 radical (unpaired) electrons. The number of urea groups is 1. The van der Waals surface area contributed by atoms with Gasteiger partial charge in [0, 0.05) is 11.0 Å². The van der Waals surface area contributed by atoms with Crippen LogP contribution in [0.1, 0.15) is 18.5 Å². The van der Waals surface area contributed by atoms with Gasteiger partial charge >= 0.3 is 6.03 Å². The summed E-state index contributed by atoms with van der Waals surface area (Å²) in [6.07, 6.45) is 0. The molecule has 0 aliphatic carbocycles. The Morgan fingerprint density at radius 3 is 2.75 bits per heavy atom. The van der Waals surface area contributed by atoms with Crippen molar-refractivity contribution in [2.75, 3.05) is 13.1 Å². The van der Waals surface area contributed by atoms with E-state index < -0.39 is 18.0 Å². The highest BCUT2D eigenvalue weighted by Crippen LogP contribution is 2.27. The lowest BCUT2D eigenvalue weighted by Gasteiger charge is -2.13. The van der Waals surface area contributed by atoms with Gasteiger partial charge in [0.05, 0.1) is 0 Å². The Labute approximate surface area is 124 Å². The monoisotopic (exact) mass is 339 g/mol. The molecule has 1 aromatic rings. The molecule has 106 valence electrons. The van der Waals surface area contributed by atoms with Crippen LogP contribution >= 0.6 is 15.9 Å². The molecule has 20 heavy (non-hydrogen) atoms. The summed E-state index contributed by atoms with van der Waals surface area (Å²) in [5.41, 5.74) is 0.671.